The average molecular weight is 367 g/mol. The lowest BCUT2D eigenvalue weighted by Crippen LogP contribution is -2.49. The molecule has 0 unspecified atom stereocenters. The topological polar surface area (TPSA) is 49.4 Å². The summed E-state index contributed by atoms with van der Waals surface area (Å²) >= 11 is 0. The highest BCUT2D eigenvalue weighted by atomic mass is 16.2. The van der Waals surface area contributed by atoms with E-state index < -0.39 is 6.04 Å². The summed E-state index contributed by atoms with van der Waals surface area (Å²) in [6, 6.07) is 17.3. The van der Waals surface area contributed by atoms with Crippen LogP contribution in [0.3, 0.4) is 0 Å². The molecule has 0 saturated carbocycles. The zero-order valence-corrected chi connectivity index (χ0v) is 16.6. The van der Waals surface area contributed by atoms with E-state index in [1.54, 1.807) is 4.90 Å². The van der Waals surface area contributed by atoms with Crippen LogP contribution in [0.5, 0.6) is 0 Å². The van der Waals surface area contributed by atoms with Crippen LogP contribution < -0.4 is 5.32 Å². The number of carbonyl (C=O) groups excluding carboxylic acids is 2. The summed E-state index contributed by atoms with van der Waals surface area (Å²) in [5.41, 5.74) is 3.16. The lowest BCUT2D eigenvalue weighted by molar-refractivity contribution is -0.140. The van der Waals surface area contributed by atoms with E-state index in [0.717, 1.165) is 17.5 Å². The lowest BCUT2D eigenvalue weighted by Gasteiger charge is -2.31. The van der Waals surface area contributed by atoms with Gasteiger partial charge in [-0.1, -0.05) is 74.0 Å². The van der Waals surface area contributed by atoms with Gasteiger partial charge in [0.15, 0.2) is 0 Å². The number of nitrogens with zero attached hydrogens (tertiary/aromatic N) is 1. The second kappa shape index (κ2) is 10.5. The van der Waals surface area contributed by atoms with Gasteiger partial charge in [-0.05, 0) is 30.9 Å². The minimum atomic E-state index is -0.464. The number of aryl methyl sites for hydroxylation is 1. The number of rotatable bonds is 9. The molecule has 2 amide bonds. The lowest BCUT2D eigenvalue weighted by atomic mass is 10.1. The van der Waals surface area contributed by atoms with Gasteiger partial charge in [0, 0.05) is 13.1 Å². The van der Waals surface area contributed by atoms with Gasteiger partial charge in [0.25, 0.3) is 0 Å². The summed E-state index contributed by atoms with van der Waals surface area (Å²) in [6.45, 7) is 7.07. The number of amides is 2. The van der Waals surface area contributed by atoms with E-state index in [0.29, 0.717) is 25.9 Å². The summed E-state index contributed by atoms with van der Waals surface area (Å²) in [7, 11) is 0. The third kappa shape index (κ3) is 6.24. The first-order valence-electron chi connectivity index (χ1n) is 9.71. The quantitative estimate of drug-likeness (QED) is 0.732. The molecule has 2 aromatic carbocycles. The van der Waals surface area contributed by atoms with Gasteiger partial charge < -0.3 is 10.2 Å². The Labute approximate surface area is 162 Å². The Kier molecular flexibility index (Phi) is 8.05. The van der Waals surface area contributed by atoms with Crippen LogP contribution in [0.25, 0.3) is 0 Å². The van der Waals surface area contributed by atoms with Crippen molar-refractivity contribution >= 4 is 11.8 Å². The van der Waals surface area contributed by atoms with Gasteiger partial charge in [0.1, 0.15) is 6.04 Å². The van der Waals surface area contributed by atoms with Crippen LogP contribution in [0.2, 0.25) is 0 Å². The molecule has 0 aromatic heterocycles. The Morgan fingerprint density at radius 1 is 0.963 bits per heavy atom. The van der Waals surface area contributed by atoms with Gasteiger partial charge in [-0.15, -0.1) is 0 Å². The van der Waals surface area contributed by atoms with E-state index >= 15 is 0 Å². The number of benzene rings is 2. The largest absolute Gasteiger partial charge is 0.354 e. The molecule has 0 aliphatic heterocycles. The molecule has 0 heterocycles. The molecule has 0 fully saturated rings. The summed E-state index contributed by atoms with van der Waals surface area (Å²) < 4.78 is 0. The van der Waals surface area contributed by atoms with Crippen molar-refractivity contribution in [1.82, 2.24) is 10.2 Å². The average Bonchev–Trinajstić information content (AvgIpc) is 2.68. The monoisotopic (exact) mass is 366 g/mol. The Hall–Kier alpha value is -2.62. The Bertz CT molecular complexity index is 726. The molecule has 0 spiro atoms. The fourth-order valence-corrected chi connectivity index (χ4v) is 3.05. The molecule has 0 aliphatic carbocycles. The number of carbonyl (C=O) groups is 2. The van der Waals surface area contributed by atoms with Crippen molar-refractivity contribution < 1.29 is 9.59 Å². The zero-order chi connectivity index (χ0) is 19.6. The van der Waals surface area contributed by atoms with Crippen molar-refractivity contribution in [3.63, 3.8) is 0 Å². The fourth-order valence-electron chi connectivity index (χ4n) is 3.05. The smallest absolute Gasteiger partial charge is 0.242 e. The maximum Gasteiger partial charge on any atom is 0.242 e. The van der Waals surface area contributed by atoms with Crippen LogP contribution in [-0.2, 0) is 22.6 Å². The van der Waals surface area contributed by atoms with Crippen molar-refractivity contribution in [2.75, 3.05) is 6.54 Å². The SMILES string of the molecule is CCCNC(=O)[C@H](CC)N(Cc1ccc(C)cc1)C(=O)Cc1ccccc1. The van der Waals surface area contributed by atoms with E-state index in [2.05, 4.69) is 5.32 Å². The minimum Gasteiger partial charge on any atom is -0.354 e. The zero-order valence-electron chi connectivity index (χ0n) is 16.6. The van der Waals surface area contributed by atoms with Crippen molar-refractivity contribution in [3.05, 3.63) is 71.3 Å². The minimum absolute atomic E-state index is 0.0275. The van der Waals surface area contributed by atoms with Gasteiger partial charge in [0.2, 0.25) is 11.8 Å². The van der Waals surface area contributed by atoms with E-state index in [-0.39, 0.29) is 11.8 Å². The molecule has 0 saturated heterocycles. The predicted octanol–water partition coefficient (Wildman–Crippen LogP) is 3.87. The third-order valence-electron chi connectivity index (χ3n) is 4.61. The van der Waals surface area contributed by atoms with Crippen LogP contribution >= 0.6 is 0 Å². The van der Waals surface area contributed by atoms with Gasteiger partial charge in [0.05, 0.1) is 6.42 Å². The summed E-state index contributed by atoms with van der Waals surface area (Å²) in [4.78, 5) is 27.5. The van der Waals surface area contributed by atoms with Crippen molar-refractivity contribution in [3.8, 4) is 0 Å². The molecule has 0 bridgehead atoms. The second-order valence-corrected chi connectivity index (χ2v) is 6.88. The summed E-state index contributed by atoms with van der Waals surface area (Å²) in [5, 5.41) is 2.94. The number of hydrogen-bond acceptors (Lipinski definition) is 2. The Morgan fingerprint density at radius 3 is 2.22 bits per heavy atom. The van der Waals surface area contributed by atoms with Gasteiger partial charge in [-0.3, -0.25) is 9.59 Å². The van der Waals surface area contributed by atoms with Crippen LogP contribution in [-0.4, -0.2) is 29.3 Å². The molecular formula is C23H30N2O2. The fraction of sp³-hybridized carbons (Fsp3) is 0.391. The summed E-state index contributed by atoms with van der Waals surface area (Å²) in [5.74, 6) is -0.104. The number of hydrogen-bond donors (Lipinski definition) is 1. The summed E-state index contributed by atoms with van der Waals surface area (Å²) in [6.07, 6.45) is 1.75. The second-order valence-electron chi connectivity index (χ2n) is 6.88. The molecule has 144 valence electrons. The molecule has 27 heavy (non-hydrogen) atoms. The van der Waals surface area contributed by atoms with Crippen LogP contribution in [0.1, 0.15) is 43.4 Å². The Balaban J connectivity index is 2.23. The molecule has 2 rings (SSSR count). The molecule has 1 atom stereocenters. The Morgan fingerprint density at radius 2 is 1.63 bits per heavy atom. The van der Waals surface area contributed by atoms with Crippen LogP contribution in [0.15, 0.2) is 54.6 Å². The van der Waals surface area contributed by atoms with Crippen molar-refractivity contribution in [2.45, 2.75) is 52.6 Å². The van der Waals surface area contributed by atoms with Gasteiger partial charge >= 0.3 is 0 Å². The normalized spacial score (nSPS) is 11.7. The first kappa shape index (κ1) is 20.7. The highest BCUT2D eigenvalue weighted by Gasteiger charge is 2.28. The van der Waals surface area contributed by atoms with E-state index in [1.165, 1.54) is 5.56 Å². The maximum absolute atomic E-state index is 13.1. The highest BCUT2D eigenvalue weighted by molar-refractivity contribution is 5.88. The predicted molar refractivity (Wildman–Crippen MR) is 109 cm³/mol. The van der Waals surface area contributed by atoms with E-state index in [4.69, 9.17) is 0 Å². The van der Waals surface area contributed by atoms with Crippen LogP contribution in [0.4, 0.5) is 0 Å². The first-order chi connectivity index (χ1) is 13.0. The first-order valence-corrected chi connectivity index (χ1v) is 9.71. The van der Waals surface area contributed by atoms with Crippen molar-refractivity contribution in [1.29, 1.82) is 0 Å². The molecule has 2 aromatic rings. The van der Waals surface area contributed by atoms with E-state index in [1.807, 2.05) is 75.4 Å². The van der Waals surface area contributed by atoms with Gasteiger partial charge in [-0.25, -0.2) is 0 Å². The molecule has 0 aliphatic rings. The standard InChI is InChI=1S/C23H30N2O2/c1-4-15-24-23(27)21(5-2)25(17-20-13-11-18(3)12-14-20)22(26)16-19-9-7-6-8-10-19/h6-14,21H,4-5,15-17H2,1-3H3,(H,24,27)/t21-/m0/s1. The maximum atomic E-state index is 13.1. The van der Waals surface area contributed by atoms with Crippen LogP contribution in [0, 0.1) is 6.92 Å². The number of nitrogens with one attached hydrogen (secondary N) is 1. The van der Waals surface area contributed by atoms with Crippen molar-refractivity contribution in [2.24, 2.45) is 0 Å². The molecular weight excluding hydrogens is 336 g/mol. The van der Waals surface area contributed by atoms with Gasteiger partial charge in [-0.2, -0.15) is 0 Å². The molecule has 4 nitrogen and oxygen atoms in total. The third-order valence-corrected chi connectivity index (χ3v) is 4.61. The highest BCUT2D eigenvalue weighted by Crippen LogP contribution is 2.15. The van der Waals surface area contributed by atoms with E-state index in [9.17, 15) is 9.59 Å². The molecule has 0 radical (unpaired) electrons. The molecule has 4 heteroatoms. The molecule has 1 N–H and O–H groups in total.